The highest BCUT2D eigenvalue weighted by molar-refractivity contribution is 7.23. The largest absolute Gasteiger partial charge is 0.351 e. The van der Waals surface area contributed by atoms with Crippen LogP contribution in [0, 0.1) is 12.4 Å². The zero-order valence-corrected chi connectivity index (χ0v) is 13.5. The third-order valence-corrected chi connectivity index (χ3v) is 4.69. The molecule has 116 valence electrons. The number of hydrogen-bond donors (Lipinski definition) is 1. The molecule has 0 saturated carbocycles. The van der Waals surface area contributed by atoms with Gasteiger partial charge in [0.25, 0.3) is 0 Å². The van der Waals surface area contributed by atoms with Gasteiger partial charge in [0.1, 0.15) is 18.0 Å². The Bertz CT molecular complexity index is 1130. The molecule has 0 aliphatic rings. The Kier molecular flexibility index (Phi) is 3.49. The van der Waals surface area contributed by atoms with E-state index < -0.39 is 5.82 Å². The molecular formula is C16H7ClFN5S. The molecule has 1 N–H and O–H groups in total. The van der Waals surface area contributed by atoms with Crippen LogP contribution in [0.3, 0.4) is 0 Å². The maximum atomic E-state index is 13.3. The number of benzene rings is 2. The van der Waals surface area contributed by atoms with Gasteiger partial charge >= 0.3 is 5.13 Å². The molecular weight excluding hydrogens is 349 g/mol. The Morgan fingerprint density at radius 2 is 2.00 bits per heavy atom. The summed E-state index contributed by atoms with van der Waals surface area (Å²) in [5, 5.41) is 4.28. The molecule has 0 unspecified atom stereocenters. The second-order valence-corrected chi connectivity index (χ2v) is 6.28. The third-order valence-electron chi connectivity index (χ3n) is 3.42. The third kappa shape index (κ3) is 2.42. The number of anilines is 2. The van der Waals surface area contributed by atoms with E-state index >= 15 is 0 Å². The average Bonchev–Trinajstić information content (AvgIpc) is 3.02. The molecule has 2 aromatic heterocycles. The minimum absolute atomic E-state index is 0.0246. The van der Waals surface area contributed by atoms with Gasteiger partial charge in [-0.2, -0.15) is 0 Å². The molecule has 2 aromatic carbocycles. The molecule has 4 aromatic rings. The fraction of sp³-hybridized carbons (Fsp3) is 0. The summed E-state index contributed by atoms with van der Waals surface area (Å²) in [5.74, 6) is 0.0646. The Labute approximate surface area is 144 Å². The van der Waals surface area contributed by atoms with Crippen molar-refractivity contribution in [1.29, 1.82) is 0 Å². The van der Waals surface area contributed by atoms with E-state index in [4.69, 9.17) is 18.2 Å². The summed E-state index contributed by atoms with van der Waals surface area (Å²) in [5.41, 5.74) is 2.05. The lowest BCUT2D eigenvalue weighted by Gasteiger charge is -2.09. The number of hydrogen-bond acceptors (Lipinski definition) is 5. The molecule has 0 amide bonds. The zero-order chi connectivity index (χ0) is 16.7. The van der Waals surface area contributed by atoms with Gasteiger partial charge in [-0.15, -0.1) is 16.3 Å². The Morgan fingerprint density at radius 1 is 1.17 bits per heavy atom. The first kappa shape index (κ1) is 14.8. The van der Waals surface area contributed by atoms with Crippen LogP contribution in [0.25, 0.3) is 26.0 Å². The first-order valence-electron chi connectivity index (χ1n) is 6.79. The van der Waals surface area contributed by atoms with Crippen LogP contribution >= 0.6 is 22.9 Å². The molecule has 24 heavy (non-hydrogen) atoms. The smallest absolute Gasteiger partial charge is 0.330 e. The van der Waals surface area contributed by atoms with Gasteiger partial charge in [-0.3, -0.25) is 0 Å². The van der Waals surface area contributed by atoms with Crippen molar-refractivity contribution in [3.8, 4) is 0 Å². The SMILES string of the molecule is [C-]#[N+]c1nc2ccc3ncnc(Nc4ccc(F)c(Cl)c4)c3c2s1. The van der Waals surface area contributed by atoms with Gasteiger partial charge in [0.2, 0.25) is 0 Å². The van der Waals surface area contributed by atoms with Gasteiger partial charge in [0, 0.05) is 5.69 Å². The van der Waals surface area contributed by atoms with Crippen molar-refractivity contribution < 1.29 is 4.39 Å². The van der Waals surface area contributed by atoms with Crippen molar-refractivity contribution in [1.82, 2.24) is 15.0 Å². The van der Waals surface area contributed by atoms with E-state index in [0.717, 1.165) is 15.6 Å². The lowest BCUT2D eigenvalue weighted by molar-refractivity contribution is 0.628. The summed E-state index contributed by atoms with van der Waals surface area (Å²) in [4.78, 5) is 16.2. The Hall–Kier alpha value is -2.82. The van der Waals surface area contributed by atoms with E-state index in [1.807, 2.05) is 12.1 Å². The molecule has 0 atom stereocenters. The van der Waals surface area contributed by atoms with Crippen LogP contribution in [-0.2, 0) is 0 Å². The molecule has 4 rings (SSSR count). The van der Waals surface area contributed by atoms with Gasteiger partial charge < -0.3 is 10.2 Å². The first-order valence-corrected chi connectivity index (χ1v) is 7.99. The standard InChI is InChI=1S/C16H7ClFN5S/c1-19-16-23-12-5-4-11-13(14(12)24-16)15(21-7-20-11)22-8-2-3-10(18)9(17)6-8/h2-7H,(H,20,21,22). The van der Waals surface area contributed by atoms with E-state index in [9.17, 15) is 4.39 Å². The quantitative estimate of drug-likeness (QED) is 0.494. The van der Waals surface area contributed by atoms with Crippen molar-refractivity contribution in [2.75, 3.05) is 5.32 Å². The fourth-order valence-corrected chi connectivity index (χ4v) is 3.45. The van der Waals surface area contributed by atoms with E-state index in [1.54, 1.807) is 6.07 Å². The summed E-state index contributed by atoms with van der Waals surface area (Å²) in [6.45, 7) is 7.14. The normalized spacial score (nSPS) is 10.9. The first-order chi connectivity index (χ1) is 11.7. The molecule has 8 heteroatoms. The second kappa shape index (κ2) is 5.67. The molecule has 0 radical (unpaired) electrons. The molecule has 0 fully saturated rings. The maximum absolute atomic E-state index is 13.3. The monoisotopic (exact) mass is 355 g/mol. The predicted octanol–water partition coefficient (Wildman–Crippen LogP) is 5.33. The predicted molar refractivity (Wildman–Crippen MR) is 93.7 cm³/mol. The van der Waals surface area contributed by atoms with E-state index in [1.165, 1.54) is 29.8 Å². The van der Waals surface area contributed by atoms with Crippen LogP contribution in [0.4, 0.5) is 21.0 Å². The van der Waals surface area contributed by atoms with Gasteiger partial charge in [0.15, 0.2) is 5.52 Å². The number of rotatable bonds is 2. The highest BCUT2D eigenvalue weighted by Gasteiger charge is 2.14. The summed E-state index contributed by atoms with van der Waals surface area (Å²) in [6, 6.07) is 8.01. The topological polar surface area (TPSA) is 55.1 Å². The second-order valence-electron chi connectivity index (χ2n) is 4.89. The van der Waals surface area contributed by atoms with E-state index in [2.05, 4.69) is 25.1 Å². The molecule has 0 spiro atoms. The zero-order valence-electron chi connectivity index (χ0n) is 11.9. The maximum Gasteiger partial charge on any atom is 0.330 e. The number of nitrogens with zero attached hydrogens (tertiary/aromatic N) is 4. The number of halogens is 2. The van der Waals surface area contributed by atoms with Crippen LogP contribution in [0.15, 0.2) is 36.7 Å². The van der Waals surface area contributed by atoms with Crippen LogP contribution < -0.4 is 5.32 Å². The minimum Gasteiger partial charge on any atom is -0.351 e. The Balaban J connectivity index is 1.92. The molecule has 2 heterocycles. The van der Waals surface area contributed by atoms with Crippen molar-refractivity contribution in [2.24, 2.45) is 0 Å². The summed E-state index contributed by atoms with van der Waals surface area (Å²) >= 11 is 7.11. The lowest BCUT2D eigenvalue weighted by Crippen LogP contribution is -1.96. The summed E-state index contributed by atoms with van der Waals surface area (Å²) in [7, 11) is 0. The van der Waals surface area contributed by atoms with Crippen LogP contribution in [0.5, 0.6) is 0 Å². The fourth-order valence-electron chi connectivity index (χ4n) is 2.37. The van der Waals surface area contributed by atoms with Crippen LogP contribution in [-0.4, -0.2) is 15.0 Å². The summed E-state index contributed by atoms with van der Waals surface area (Å²) in [6.07, 6.45) is 1.44. The molecule has 0 bridgehead atoms. The van der Waals surface area contributed by atoms with Crippen molar-refractivity contribution >= 4 is 60.7 Å². The Morgan fingerprint density at radius 3 is 2.79 bits per heavy atom. The van der Waals surface area contributed by atoms with E-state index in [-0.39, 0.29) is 5.02 Å². The van der Waals surface area contributed by atoms with Gasteiger partial charge in [-0.05, 0) is 30.3 Å². The van der Waals surface area contributed by atoms with Crippen LogP contribution in [0.1, 0.15) is 0 Å². The van der Waals surface area contributed by atoms with Crippen molar-refractivity contribution in [3.05, 3.63) is 58.9 Å². The lowest BCUT2D eigenvalue weighted by atomic mass is 10.2. The molecule has 0 saturated heterocycles. The van der Waals surface area contributed by atoms with Crippen molar-refractivity contribution in [2.45, 2.75) is 0 Å². The minimum atomic E-state index is -0.485. The molecule has 0 aliphatic carbocycles. The van der Waals surface area contributed by atoms with Gasteiger partial charge in [0.05, 0.1) is 20.6 Å². The van der Waals surface area contributed by atoms with Crippen LogP contribution in [0.2, 0.25) is 5.02 Å². The van der Waals surface area contributed by atoms with Gasteiger partial charge in [-0.25, -0.2) is 14.4 Å². The highest BCUT2D eigenvalue weighted by Crippen LogP contribution is 2.37. The van der Waals surface area contributed by atoms with Gasteiger partial charge in [-0.1, -0.05) is 18.2 Å². The van der Waals surface area contributed by atoms with Crippen molar-refractivity contribution in [3.63, 3.8) is 0 Å². The average molecular weight is 356 g/mol. The molecule has 0 aliphatic heterocycles. The number of fused-ring (bicyclic) bond motifs is 3. The van der Waals surface area contributed by atoms with E-state index in [0.29, 0.717) is 22.2 Å². The number of thiazole rings is 1. The summed E-state index contributed by atoms with van der Waals surface area (Å²) < 4.78 is 14.1. The molecule has 5 nitrogen and oxygen atoms in total. The highest BCUT2D eigenvalue weighted by atomic mass is 35.5. The number of aromatic nitrogens is 3. The number of nitrogens with one attached hydrogen (secondary N) is 1.